The molecule has 2 aromatic rings. The number of benzene rings is 2. The molecule has 0 aliphatic carbocycles. The van der Waals surface area contributed by atoms with Crippen molar-refractivity contribution in [1.82, 2.24) is 0 Å². The van der Waals surface area contributed by atoms with Crippen LogP contribution in [0, 0.1) is 17.8 Å². The molecule has 7 nitrogen and oxygen atoms in total. The molecule has 1 saturated heterocycles. The van der Waals surface area contributed by atoms with E-state index in [2.05, 4.69) is 34.3 Å². The number of hydrogen-bond acceptors (Lipinski definition) is 7. The average molecular weight is 639 g/mol. The minimum atomic E-state index is -2.17. The van der Waals surface area contributed by atoms with Crippen LogP contribution in [0.4, 0.5) is 0 Å². The summed E-state index contributed by atoms with van der Waals surface area (Å²) in [5.74, 6) is -2.55. The topological polar surface area (TPSA) is 80.3 Å². The predicted octanol–water partition coefficient (Wildman–Crippen LogP) is 8.00. The van der Waals surface area contributed by atoms with Crippen LogP contribution in [0.15, 0.2) is 72.8 Å². The van der Waals surface area contributed by atoms with Gasteiger partial charge < -0.3 is 28.2 Å². The fourth-order valence-electron chi connectivity index (χ4n) is 6.83. The molecule has 45 heavy (non-hydrogen) atoms. The molecule has 0 N–H and O–H groups in total. The quantitative estimate of drug-likeness (QED) is 0.0752. The Morgan fingerprint density at radius 2 is 1.62 bits per heavy atom. The molecule has 7 atom stereocenters. The highest BCUT2D eigenvalue weighted by Crippen LogP contribution is 2.47. The van der Waals surface area contributed by atoms with Gasteiger partial charge >= 0.3 is 5.97 Å². The van der Waals surface area contributed by atoms with E-state index in [9.17, 15) is 9.59 Å². The first-order chi connectivity index (χ1) is 21.5. The first-order valence-electron chi connectivity index (χ1n) is 16.4. The van der Waals surface area contributed by atoms with E-state index in [1.165, 1.54) is 0 Å². The van der Waals surface area contributed by atoms with E-state index in [1.54, 1.807) is 19.2 Å². The maximum absolute atomic E-state index is 13.4. The van der Waals surface area contributed by atoms with Crippen molar-refractivity contribution in [3.05, 3.63) is 83.9 Å². The number of ether oxygens (including phenoxy) is 4. The molecule has 0 amide bonds. The zero-order chi connectivity index (χ0) is 33.2. The van der Waals surface area contributed by atoms with Gasteiger partial charge in [0.2, 0.25) is 0 Å². The first kappa shape index (κ1) is 36.8. The van der Waals surface area contributed by atoms with Crippen molar-refractivity contribution in [2.24, 2.45) is 17.8 Å². The molecule has 3 rings (SSSR count). The SMILES string of the molecule is C=C1[C@@H]([C@H](C)[C@H](CC=O)O[Si](CC)(CC)C(C)C)O[C@@](OC)([C@@H](C)COCc2ccccc2)[C@H](C)[C@H]1OC(=O)c1ccccc1. The summed E-state index contributed by atoms with van der Waals surface area (Å²) >= 11 is 0. The zero-order valence-corrected chi connectivity index (χ0v) is 29.5. The molecule has 0 radical (unpaired) electrons. The number of methoxy groups -OCH3 is 1. The molecule has 1 aliphatic heterocycles. The smallest absolute Gasteiger partial charge is 0.338 e. The summed E-state index contributed by atoms with van der Waals surface area (Å²) in [4.78, 5) is 25.4. The Kier molecular flexibility index (Phi) is 13.7. The summed E-state index contributed by atoms with van der Waals surface area (Å²) in [5.41, 5.74) is 2.54. The summed E-state index contributed by atoms with van der Waals surface area (Å²) in [6.45, 7) is 20.1. The standard InChI is InChI=1S/C37H54O7Si/c1-10-45(11-2,26(3)4)44-33(22-23-38)28(6)34-29(7)35(42-36(39)32-20-16-13-17-21-32)30(8)37(40-9,43-34)27(5)24-41-25-31-18-14-12-15-19-31/h12-21,23,26-28,30,33-35H,7,10-11,22,24-25H2,1-6,8-9H3/t27-,28+,30+,33-,34+,35-,37-/m0/s1. The fraction of sp³-hybridized carbons (Fsp3) is 0.568. The fourth-order valence-corrected chi connectivity index (χ4v) is 10.5. The lowest BCUT2D eigenvalue weighted by Crippen LogP contribution is -2.62. The van der Waals surface area contributed by atoms with Crippen LogP contribution < -0.4 is 0 Å². The lowest BCUT2D eigenvalue weighted by Gasteiger charge is -2.53. The summed E-state index contributed by atoms with van der Waals surface area (Å²) in [7, 11) is -0.541. The molecule has 1 heterocycles. The molecule has 8 heteroatoms. The number of carbonyl (C=O) groups excluding carboxylic acids is 2. The Hall–Kier alpha value is -2.62. The van der Waals surface area contributed by atoms with Gasteiger partial charge in [-0.15, -0.1) is 0 Å². The van der Waals surface area contributed by atoms with Crippen LogP contribution in [-0.4, -0.2) is 58.4 Å². The van der Waals surface area contributed by atoms with Gasteiger partial charge in [0, 0.05) is 25.4 Å². The van der Waals surface area contributed by atoms with Crippen molar-refractivity contribution in [1.29, 1.82) is 0 Å². The molecular formula is C37H54O7Si. The minimum Gasteiger partial charge on any atom is -0.454 e. The van der Waals surface area contributed by atoms with E-state index in [0.29, 0.717) is 29.9 Å². The number of esters is 1. The maximum atomic E-state index is 13.4. The average Bonchev–Trinajstić information content (AvgIpc) is 3.05. The van der Waals surface area contributed by atoms with Gasteiger partial charge in [0.05, 0.1) is 36.9 Å². The Balaban J connectivity index is 1.99. The van der Waals surface area contributed by atoms with Crippen molar-refractivity contribution in [2.45, 2.75) is 103 Å². The lowest BCUT2D eigenvalue weighted by atomic mass is 9.75. The van der Waals surface area contributed by atoms with Crippen molar-refractivity contribution in [3.63, 3.8) is 0 Å². The van der Waals surface area contributed by atoms with Crippen molar-refractivity contribution in [3.8, 4) is 0 Å². The summed E-state index contributed by atoms with van der Waals surface area (Å²) < 4.78 is 32.7. The highest BCUT2D eigenvalue weighted by atomic mass is 28.4. The molecule has 1 aliphatic rings. The Bertz CT molecular complexity index is 1220. The molecule has 0 spiro atoms. The first-order valence-corrected chi connectivity index (χ1v) is 18.8. The van der Waals surface area contributed by atoms with Gasteiger partial charge in [0.25, 0.3) is 0 Å². The van der Waals surface area contributed by atoms with Crippen LogP contribution in [0.1, 0.15) is 70.8 Å². The van der Waals surface area contributed by atoms with Gasteiger partial charge in [-0.1, -0.05) is 104 Å². The Morgan fingerprint density at radius 1 is 1.02 bits per heavy atom. The van der Waals surface area contributed by atoms with Crippen LogP contribution >= 0.6 is 0 Å². The van der Waals surface area contributed by atoms with Crippen molar-refractivity contribution >= 4 is 20.6 Å². The number of aldehydes is 1. The van der Waals surface area contributed by atoms with Crippen LogP contribution in [-0.2, 0) is 34.8 Å². The third kappa shape index (κ3) is 8.40. The van der Waals surface area contributed by atoms with Gasteiger partial charge in [-0.2, -0.15) is 0 Å². The third-order valence-corrected chi connectivity index (χ3v) is 15.2. The normalized spacial score (nSPS) is 24.2. The van der Waals surface area contributed by atoms with E-state index in [-0.39, 0.29) is 18.3 Å². The van der Waals surface area contributed by atoms with Gasteiger partial charge in [0.15, 0.2) is 14.1 Å². The van der Waals surface area contributed by atoms with Crippen LogP contribution in [0.3, 0.4) is 0 Å². The molecule has 248 valence electrons. The van der Waals surface area contributed by atoms with Crippen LogP contribution in [0.5, 0.6) is 0 Å². The molecule has 0 aromatic heterocycles. The molecular weight excluding hydrogens is 584 g/mol. The van der Waals surface area contributed by atoms with E-state index < -0.39 is 44.3 Å². The molecule has 0 unspecified atom stereocenters. The van der Waals surface area contributed by atoms with Gasteiger partial charge in [-0.25, -0.2) is 4.79 Å². The second-order valence-corrected chi connectivity index (χ2v) is 17.7. The van der Waals surface area contributed by atoms with Crippen LogP contribution in [0.25, 0.3) is 0 Å². The van der Waals surface area contributed by atoms with E-state index in [0.717, 1.165) is 23.9 Å². The Labute approximate surface area is 271 Å². The van der Waals surface area contributed by atoms with Crippen molar-refractivity contribution in [2.75, 3.05) is 13.7 Å². The molecule has 2 aromatic carbocycles. The highest BCUT2D eigenvalue weighted by Gasteiger charge is 2.56. The minimum absolute atomic E-state index is 0.232. The lowest BCUT2D eigenvalue weighted by molar-refractivity contribution is -0.331. The largest absolute Gasteiger partial charge is 0.454 e. The zero-order valence-electron chi connectivity index (χ0n) is 28.5. The molecule has 0 bridgehead atoms. The van der Waals surface area contributed by atoms with Gasteiger partial charge in [0.1, 0.15) is 12.4 Å². The van der Waals surface area contributed by atoms with E-state index in [4.69, 9.17) is 23.4 Å². The third-order valence-electron chi connectivity index (χ3n) is 9.89. The second kappa shape index (κ2) is 16.8. The number of rotatable bonds is 17. The molecule has 0 saturated carbocycles. The highest BCUT2D eigenvalue weighted by molar-refractivity contribution is 6.75. The second-order valence-electron chi connectivity index (χ2n) is 12.8. The Morgan fingerprint density at radius 3 is 2.16 bits per heavy atom. The van der Waals surface area contributed by atoms with Gasteiger partial charge in [-0.05, 0) is 40.9 Å². The summed E-state index contributed by atoms with van der Waals surface area (Å²) in [5, 5.41) is 0. The molecule has 1 fully saturated rings. The summed E-state index contributed by atoms with van der Waals surface area (Å²) in [6, 6.07) is 20.8. The van der Waals surface area contributed by atoms with E-state index >= 15 is 0 Å². The number of carbonyl (C=O) groups is 2. The monoisotopic (exact) mass is 638 g/mol. The van der Waals surface area contributed by atoms with E-state index in [1.807, 2.05) is 69.3 Å². The van der Waals surface area contributed by atoms with Gasteiger partial charge in [-0.3, -0.25) is 0 Å². The van der Waals surface area contributed by atoms with Crippen LogP contribution in [0.2, 0.25) is 17.6 Å². The summed E-state index contributed by atoms with van der Waals surface area (Å²) in [6.07, 6.45) is -0.552. The van der Waals surface area contributed by atoms with Crippen molar-refractivity contribution < 1.29 is 33.0 Å². The predicted molar refractivity (Wildman–Crippen MR) is 180 cm³/mol. The maximum Gasteiger partial charge on any atom is 0.338 e. The number of hydrogen-bond donors (Lipinski definition) is 0.